The third-order valence-electron chi connectivity index (χ3n) is 3.79. The van der Waals surface area contributed by atoms with Crippen LogP contribution in [0.5, 0.6) is 0 Å². The average Bonchev–Trinajstić information content (AvgIpc) is 2.62. The summed E-state index contributed by atoms with van der Waals surface area (Å²) < 4.78 is 0. The van der Waals surface area contributed by atoms with Crippen molar-refractivity contribution in [3.63, 3.8) is 0 Å². The number of benzene rings is 1. The van der Waals surface area contributed by atoms with Crippen LogP contribution in [0.25, 0.3) is 0 Å². The Morgan fingerprint density at radius 1 is 1.17 bits per heavy atom. The van der Waals surface area contributed by atoms with E-state index in [1.165, 1.54) is 19.3 Å². The van der Waals surface area contributed by atoms with Crippen molar-refractivity contribution in [2.75, 3.05) is 13.1 Å². The molecule has 1 aliphatic rings. The third kappa shape index (κ3) is 5.83. The van der Waals surface area contributed by atoms with Gasteiger partial charge in [0.15, 0.2) is 0 Å². The van der Waals surface area contributed by atoms with Gasteiger partial charge < -0.3 is 10.6 Å². The van der Waals surface area contributed by atoms with Crippen LogP contribution < -0.4 is 5.73 Å². The summed E-state index contributed by atoms with van der Waals surface area (Å²) in [4.78, 5) is 17.2. The minimum Gasteiger partial charge on any atom is -0.383 e. The maximum Gasteiger partial charge on any atom is 0.131 e. The average molecular weight is 324 g/mol. The van der Waals surface area contributed by atoms with Crippen molar-refractivity contribution in [1.82, 2.24) is 4.90 Å². The molecule has 0 aliphatic carbocycles. The lowest BCUT2D eigenvalue weighted by Gasteiger charge is -2.24. The molecule has 1 heterocycles. The largest absolute Gasteiger partial charge is 0.383 e. The van der Waals surface area contributed by atoms with Gasteiger partial charge in [-0.25, -0.2) is 4.99 Å². The highest BCUT2D eigenvalue weighted by Gasteiger charge is 2.04. The molecule has 0 spiro atoms. The van der Waals surface area contributed by atoms with E-state index < -0.39 is 0 Å². The van der Waals surface area contributed by atoms with Gasteiger partial charge in [-0.2, -0.15) is 0 Å². The van der Waals surface area contributed by atoms with Crippen LogP contribution in [0.15, 0.2) is 70.6 Å². The number of nitrogens with two attached hydrogens (primary N) is 1. The summed E-state index contributed by atoms with van der Waals surface area (Å²) in [5.41, 5.74) is 7.79. The van der Waals surface area contributed by atoms with E-state index in [1.54, 1.807) is 24.3 Å². The molecule has 24 heavy (non-hydrogen) atoms. The summed E-state index contributed by atoms with van der Waals surface area (Å²) in [7, 11) is 0. The number of nitroso groups, excluding NO2 is 1. The molecule has 1 fully saturated rings. The van der Waals surface area contributed by atoms with E-state index >= 15 is 0 Å². The van der Waals surface area contributed by atoms with Crippen LogP contribution in [0, 0.1) is 4.91 Å². The van der Waals surface area contributed by atoms with Gasteiger partial charge in [0.2, 0.25) is 0 Å². The quantitative estimate of drug-likeness (QED) is 0.368. The van der Waals surface area contributed by atoms with Gasteiger partial charge in [0.1, 0.15) is 11.5 Å². The van der Waals surface area contributed by atoms with Crippen LogP contribution in [-0.4, -0.2) is 23.8 Å². The van der Waals surface area contributed by atoms with Crippen molar-refractivity contribution in [1.29, 1.82) is 0 Å². The zero-order valence-electron chi connectivity index (χ0n) is 14.1. The number of rotatable bonds is 6. The second-order valence-electron chi connectivity index (χ2n) is 5.77. The number of amidine groups is 1. The highest BCUT2D eigenvalue weighted by molar-refractivity contribution is 5.98. The van der Waals surface area contributed by atoms with E-state index in [2.05, 4.69) is 21.3 Å². The summed E-state index contributed by atoms with van der Waals surface area (Å²) in [5.74, 6) is 0.367. The Balaban J connectivity index is 1.92. The summed E-state index contributed by atoms with van der Waals surface area (Å²) in [6.07, 6.45) is 13.9. The summed E-state index contributed by atoms with van der Waals surface area (Å²) >= 11 is 0. The molecule has 0 unspecified atom stereocenters. The lowest BCUT2D eigenvalue weighted by atomic mass is 10.1. The number of hydrogen-bond acceptors (Lipinski definition) is 4. The molecule has 1 aliphatic heterocycles. The van der Waals surface area contributed by atoms with Gasteiger partial charge in [-0.1, -0.05) is 24.3 Å². The van der Waals surface area contributed by atoms with Gasteiger partial charge in [-0.05, 0) is 61.8 Å². The van der Waals surface area contributed by atoms with Gasteiger partial charge in [-0.15, -0.1) is 4.91 Å². The molecule has 2 N–H and O–H groups in total. The predicted molar refractivity (Wildman–Crippen MR) is 100 cm³/mol. The summed E-state index contributed by atoms with van der Waals surface area (Å²) in [5, 5.41) is 2.90. The standard InChI is InChI=1S/C19H24N4O/c1-16(9-4-2-5-12-23-13-6-3-7-14-23)21-19(20)17-10-8-11-18(15-17)22-24/h2,4-5,8-12,15H,3,6-7,13-14H2,1H3,(H2,20,21)/b4-2-,12-5+,16-9+. The number of piperidine rings is 1. The van der Waals surface area contributed by atoms with Crippen LogP contribution in [-0.2, 0) is 0 Å². The van der Waals surface area contributed by atoms with E-state index in [0.717, 1.165) is 18.8 Å². The Bertz CT molecular complexity index is 668. The normalized spacial score (nSPS) is 17.0. The lowest BCUT2D eigenvalue weighted by Crippen LogP contribution is -2.23. The van der Waals surface area contributed by atoms with Gasteiger partial charge in [-0.3, -0.25) is 0 Å². The molecule has 5 heteroatoms. The molecule has 0 bridgehead atoms. The Hall–Kier alpha value is -2.69. The molecule has 1 saturated heterocycles. The first-order chi connectivity index (χ1) is 11.7. The Kier molecular flexibility index (Phi) is 6.95. The molecule has 0 amide bonds. The van der Waals surface area contributed by atoms with Crippen molar-refractivity contribution in [3.8, 4) is 0 Å². The molecule has 5 nitrogen and oxygen atoms in total. The number of hydrogen-bond donors (Lipinski definition) is 1. The van der Waals surface area contributed by atoms with Crippen molar-refractivity contribution >= 4 is 11.5 Å². The van der Waals surface area contributed by atoms with Crippen molar-refractivity contribution < 1.29 is 0 Å². The highest BCUT2D eigenvalue weighted by atomic mass is 16.3. The van der Waals surface area contributed by atoms with E-state index in [-0.39, 0.29) is 0 Å². The first-order valence-corrected chi connectivity index (χ1v) is 8.23. The molecular formula is C19H24N4O. The fraction of sp³-hybridized carbons (Fsp3) is 0.316. The molecular weight excluding hydrogens is 300 g/mol. The van der Waals surface area contributed by atoms with Crippen LogP contribution in [0.4, 0.5) is 5.69 Å². The molecule has 1 aromatic rings. The van der Waals surface area contributed by atoms with Crippen molar-refractivity contribution in [2.45, 2.75) is 26.2 Å². The minimum atomic E-state index is 0.343. The van der Waals surface area contributed by atoms with Gasteiger partial charge in [0, 0.05) is 24.4 Å². The molecule has 1 aromatic carbocycles. The molecule has 0 radical (unpaired) electrons. The SMILES string of the molecule is C\C(=C/C=C\C=C\N1CCCCC1)N=C(N)c1cccc(N=O)c1. The zero-order chi connectivity index (χ0) is 17.2. The maximum atomic E-state index is 10.6. The second-order valence-corrected chi connectivity index (χ2v) is 5.77. The Morgan fingerprint density at radius 2 is 1.96 bits per heavy atom. The smallest absolute Gasteiger partial charge is 0.131 e. The molecule has 0 aromatic heterocycles. The summed E-state index contributed by atoms with van der Waals surface area (Å²) in [6.45, 7) is 4.18. The van der Waals surface area contributed by atoms with Gasteiger partial charge in [0.25, 0.3) is 0 Å². The second kappa shape index (κ2) is 9.45. The maximum absolute atomic E-state index is 10.6. The number of aliphatic imine (C=N–C) groups is 1. The van der Waals surface area contributed by atoms with Gasteiger partial charge >= 0.3 is 0 Å². The van der Waals surface area contributed by atoms with E-state index in [9.17, 15) is 4.91 Å². The number of likely N-dealkylation sites (tertiary alicyclic amines) is 1. The zero-order valence-corrected chi connectivity index (χ0v) is 14.1. The van der Waals surface area contributed by atoms with Gasteiger partial charge in [0.05, 0.1) is 0 Å². The first kappa shape index (κ1) is 17.7. The first-order valence-electron chi connectivity index (χ1n) is 8.23. The van der Waals surface area contributed by atoms with Crippen LogP contribution in [0.2, 0.25) is 0 Å². The van der Waals surface area contributed by atoms with Crippen LogP contribution in [0.1, 0.15) is 31.7 Å². The molecule has 126 valence electrons. The summed E-state index contributed by atoms with van der Waals surface area (Å²) in [6, 6.07) is 6.79. The Morgan fingerprint density at radius 3 is 2.71 bits per heavy atom. The molecule has 2 rings (SSSR count). The monoisotopic (exact) mass is 324 g/mol. The third-order valence-corrected chi connectivity index (χ3v) is 3.79. The number of allylic oxidation sites excluding steroid dienone is 5. The van der Waals surface area contributed by atoms with Crippen molar-refractivity contribution in [2.24, 2.45) is 15.9 Å². The topological polar surface area (TPSA) is 71.0 Å². The van der Waals surface area contributed by atoms with Crippen LogP contribution in [0.3, 0.4) is 0 Å². The predicted octanol–water partition coefficient (Wildman–Crippen LogP) is 4.25. The molecule has 0 saturated carbocycles. The van der Waals surface area contributed by atoms with Crippen molar-refractivity contribution in [3.05, 3.63) is 70.9 Å². The highest BCUT2D eigenvalue weighted by Crippen LogP contribution is 2.14. The number of nitrogens with zero attached hydrogens (tertiary/aromatic N) is 3. The van der Waals surface area contributed by atoms with E-state index in [0.29, 0.717) is 17.1 Å². The fourth-order valence-electron chi connectivity index (χ4n) is 2.51. The minimum absolute atomic E-state index is 0.343. The lowest BCUT2D eigenvalue weighted by molar-refractivity contribution is 0.309. The van der Waals surface area contributed by atoms with E-state index in [4.69, 9.17) is 5.73 Å². The van der Waals surface area contributed by atoms with E-state index in [1.807, 2.05) is 31.2 Å². The van der Waals surface area contributed by atoms with Crippen LogP contribution >= 0.6 is 0 Å². The fourth-order valence-corrected chi connectivity index (χ4v) is 2.51. The Labute approximate surface area is 143 Å². The molecule has 0 atom stereocenters.